The maximum absolute atomic E-state index is 14.2. The van der Waals surface area contributed by atoms with Crippen LogP contribution in [0.2, 0.25) is 0 Å². The van der Waals surface area contributed by atoms with E-state index in [4.69, 9.17) is 0 Å². The third-order valence-electron chi connectivity index (χ3n) is 12.7. The van der Waals surface area contributed by atoms with E-state index < -0.39 is 0 Å². The summed E-state index contributed by atoms with van der Waals surface area (Å²) in [4.78, 5) is 14.2. The van der Waals surface area contributed by atoms with Gasteiger partial charge in [0.2, 0.25) is 0 Å². The molecule has 0 N–H and O–H groups in total. The predicted molar refractivity (Wildman–Crippen MR) is 235 cm³/mol. The molecular formula is C53H38N2O. The van der Waals surface area contributed by atoms with Crippen LogP contribution in [0.15, 0.2) is 157 Å². The van der Waals surface area contributed by atoms with Gasteiger partial charge in [-0.2, -0.15) is 0 Å². The molecule has 3 nitrogen and oxygen atoms in total. The average molecular weight is 719 g/mol. The summed E-state index contributed by atoms with van der Waals surface area (Å²) in [5, 5.41) is 10.1. The van der Waals surface area contributed by atoms with Crippen molar-refractivity contribution in [3.8, 4) is 5.69 Å². The maximum atomic E-state index is 14.2. The zero-order valence-electron chi connectivity index (χ0n) is 31.0. The zero-order chi connectivity index (χ0) is 36.9. The first-order valence-electron chi connectivity index (χ1n) is 20.0. The molecule has 266 valence electrons. The van der Waals surface area contributed by atoms with Gasteiger partial charge in [-0.25, -0.2) is 0 Å². The summed E-state index contributed by atoms with van der Waals surface area (Å²) in [7, 11) is 0. The number of fused-ring (bicyclic) bond motifs is 14. The van der Waals surface area contributed by atoms with Crippen molar-refractivity contribution >= 4 is 83.1 Å². The number of allylic oxidation sites excluding steroid dienone is 6. The number of aromatic nitrogens is 2. The quantitative estimate of drug-likeness (QED) is 0.166. The number of rotatable bonds is 4. The van der Waals surface area contributed by atoms with Gasteiger partial charge in [-0.3, -0.25) is 4.79 Å². The first-order valence-corrected chi connectivity index (χ1v) is 20.0. The van der Waals surface area contributed by atoms with Crippen molar-refractivity contribution in [1.82, 2.24) is 9.13 Å². The van der Waals surface area contributed by atoms with Crippen LogP contribution in [0.4, 0.5) is 0 Å². The van der Waals surface area contributed by atoms with Crippen LogP contribution in [-0.2, 0) is 12.8 Å². The lowest BCUT2D eigenvalue weighted by atomic mass is 9.91. The fourth-order valence-corrected chi connectivity index (χ4v) is 10.1. The average Bonchev–Trinajstić information content (AvgIpc) is 3.80. The molecule has 0 aliphatic heterocycles. The molecule has 3 aliphatic carbocycles. The van der Waals surface area contributed by atoms with E-state index >= 15 is 0 Å². The molecule has 2 aromatic heterocycles. The van der Waals surface area contributed by atoms with E-state index in [0.29, 0.717) is 5.56 Å². The van der Waals surface area contributed by atoms with Gasteiger partial charge in [0.1, 0.15) is 0 Å². The number of carbonyl (C=O) groups excluding carboxylic acids is 1. The highest BCUT2D eigenvalue weighted by molar-refractivity contribution is 6.26. The van der Waals surface area contributed by atoms with Crippen LogP contribution < -0.4 is 0 Å². The Morgan fingerprint density at radius 1 is 0.554 bits per heavy atom. The van der Waals surface area contributed by atoms with Crippen LogP contribution in [0.25, 0.3) is 83.0 Å². The van der Waals surface area contributed by atoms with Gasteiger partial charge in [0, 0.05) is 49.3 Å². The summed E-state index contributed by atoms with van der Waals surface area (Å²) in [6.45, 7) is 0. The molecule has 0 bridgehead atoms. The molecule has 0 saturated heterocycles. The topological polar surface area (TPSA) is 26.9 Å². The smallest absolute Gasteiger partial charge is 0.192 e. The first-order chi connectivity index (χ1) is 27.7. The third-order valence-corrected chi connectivity index (χ3v) is 12.7. The molecule has 0 radical (unpaired) electrons. The van der Waals surface area contributed by atoms with Gasteiger partial charge in [0.25, 0.3) is 0 Å². The van der Waals surface area contributed by atoms with Crippen molar-refractivity contribution in [1.29, 1.82) is 0 Å². The van der Waals surface area contributed by atoms with E-state index in [1.54, 1.807) is 0 Å². The van der Waals surface area contributed by atoms with E-state index in [0.717, 1.165) is 48.9 Å². The second-order valence-electron chi connectivity index (χ2n) is 15.7. The Morgan fingerprint density at radius 3 is 2.02 bits per heavy atom. The van der Waals surface area contributed by atoms with Gasteiger partial charge in [0.05, 0.1) is 28.1 Å². The third kappa shape index (κ3) is 4.55. The minimum atomic E-state index is 0.0617. The molecular weight excluding hydrogens is 681 g/mol. The van der Waals surface area contributed by atoms with Crippen molar-refractivity contribution in [2.75, 3.05) is 0 Å². The molecule has 56 heavy (non-hydrogen) atoms. The molecule has 9 aromatic rings. The van der Waals surface area contributed by atoms with Crippen molar-refractivity contribution in [2.45, 2.75) is 38.1 Å². The van der Waals surface area contributed by atoms with E-state index in [1.807, 2.05) is 12.1 Å². The molecule has 2 heterocycles. The zero-order valence-corrected chi connectivity index (χ0v) is 31.0. The number of carbonyl (C=O) groups is 1. The number of ketones is 1. The normalized spacial score (nSPS) is 16.4. The maximum Gasteiger partial charge on any atom is 0.192 e. The highest BCUT2D eigenvalue weighted by Crippen LogP contribution is 2.44. The summed E-state index contributed by atoms with van der Waals surface area (Å²) in [6.07, 6.45) is 20.9. The van der Waals surface area contributed by atoms with Crippen LogP contribution in [0.5, 0.6) is 0 Å². The number of benzene rings is 7. The second kappa shape index (κ2) is 12.1. The number of aryl methyl sites for hydroxylation is 2. The summed E-state index contributed by atoms with van der Waals surface area (Å²) in [5.41, 5.74) is 13.0. The van der Waals surface area contributed by atoms with Crippen LogP contribution in [-0.4, -0.2) is 14.9 Å². The second-order valence-corrected chi connectivity index (χ2v) is 15.7. The van der Waals surface area contributed by atoms with Gasteiger partial charge in [-0.05, 0) is 101 Å². The Kier molecular flexibility index (Phi) is 6.86. The number of nitrogens with zero attached hydrogens (tertiary/aromatic N) is 2. The highest BCUT2D eigenvalue weighted by atomic mass is 16.1. The summed E-state index contributed by atoms with van der Waals surface area (Å²) in [5.74, 6) is 0.0617. The summed E-state index contributed by atoms with van der Waals surface area (Å²) < 4.78 is 4.94. The van der Waals surface area contributed by atoms with Crippen molar-refractivity contribution in [3.63, 3.8) is 0 Å². The Morgan fingerprint density at radius 2 is 1.21 bits per heavy atom. The summed E-state index contributed by atoms with van der Waals surface area (Å²) in [6, 6.07) is 44.0. The minimum absolute atomic E-state index is 0.0617. The molecule has 0 fully saturated rings. The molecule has 0 amide bonds. The Hall–Kier alpha value is -6.71. The van der Waals surface area contributed by atoms with E-state index in [-0.39, 0.29) is 11.8 Å². The van der Waals surface area contributed by atoms with Crippen molar-refractivity contribution < 1.29 is 4.79 Å². The fraction of sp³-hybridized carbons (Fsp3) is 0.113. The Labute approximate surface area is 324 Å². The molecule has 0 saturated carbocycles. The standard InChI is InChI=1S/C53H38N2O/c56-53(37-17-25-39(26-18-37)54-47-31-23-33-9-1-5-13-41(33)49(47)45-29-21-35-11-3-7-15-43(35)51(45)54)38-19-27-40(28-20-38)55-48-32-24-34-10-2-6-14-42(34)50(48)46-30-22-36-12-4-8-16-44(36)52(46)55/h1,3,5-9,11,13-27,29-32,40H,2,4,10,12,28H2. The van der Waals surface area contributed by atoms with E-state index in [9.17, 15) is 4.79 Å². The van der Waals surface area contributed by atoms with Gasteiger partial charge in [-0.15, -0.1) is 0 Å². The van der Waals surface area contributed by atoms with Crippen LogP contribution in [0.1, 0.15) is 57.9 Å². The number of hydrogen-bond acceptors (Lipinski definition) is 1. The lowest BCUT2D eigenvalue weighted by molar-refractivity contribution is 0.103. The van der Waals surface area contributed by atoms with Gasteiger partial charge in [-0.1, -0.05) is 127 Å². The predicted octanol–water partition coefficient (Wildman–Crippen LogP) is 13.4. The monoisotopic (exact) mass is 718 g/mol. The van der Waals surface area contributed by atoms with Crippen molar-refractivity contribution in [3.05, 3.63) is 185 Å². The minimum Gasteiger partial charge on any atom is -0.333 e. The van der Waals surface area contributed by atoms with Gasteiger partial charge in [0.15, 0.2) is 5.78 Å². The molecule has 12 rings (SSSR count). The van der Waals surface area contributed by atoms with Gasteiger partial charge < -0.3 is 9.13 Å². The SMILES string of the molecule is O=C(C1=CCC(n2c3ccc4c(c3c3ccc5c(c32)C=CCC5)C=CCC4)C=C1)c1ccc(-n2c3ccc4ccccc4c3c3ccc4ccccc4c32)cc1. The Bertz CT molecular complexity index is 3290. The molecule has 0 spiro atoms. The lowest BCUT2D eigenvalue weighted by Gasteiger charge is -2.22. The molecule has 1 atom stereocenters. The number of hydrogen-bond donors (Lipinski definition) is 0. The molecule has 3 aliphatic rings. The fourth-order valence-electron chi connectivity index (χ4n) is 10.1. The molecule has 1 unspecified atom stereocenters. The largest absolute Gasteiger partial charge is 0.333 e. The van der Waals surface area contributed by atoms with Crippen LogP contribution >= 0.6 is 0 Å². The van der Waals surface area contributed by atoms with Crippen molar-refractivity contribution in [2.24, 2.45) is 0 Å². The lowest BCUT2D eigenvalue weighted by Crippen LogP contribution is -2.12. The molecule has 7 aromatic carbocycles. The number of Topliss-reactive ketones (excluding diaryl/α,β-unsaturated/α-hetero) is 1. The first kappa shape index (κ1) is 31.6. The van der Waals surface area contributed by atoms with E-state index in [1.165, 1.54) is 81.9 Å². The summed E-state index contributed by atoms with van der Waals surface area (Å²) >= 11 is 0. The van der Waals surface area contributed by atoms with Crippen LogP contribution in [0.3, 0.4) is 0 Å². The van der Waals surface area contributed by atoms with E-state index in [2.05, 4.69) is 161 Å². The Balaban J connectivity index is 0.924. The molecule has 3 heteroatoms. The van der Waals surface area contributed by atoms with Gasteiger partial charge >= 0.3 is 0 Å². The van der Waals surface area contributed by atoms with Crippen LogP contribution in [0, 0.1) is 0 Å². The highest BCUT2D eigenvalue weighted by Gasteiger charge is 2.26.